The third kappa shape index (κ3) is 3.40. The average molecular weight is 347 g/mol. The molecule has 0 aliphatic heterocycles. The zero-order valence-corrected chi connectivity index (χ0v) is 16.7. The molecule has 0 saturated heterocycles. The fraction of sp³-hybridized carbons (Fsp3) is 0.400. The molecule has 2 aromatic carbocycles. The number of hydrogen-bond donors (Lipinski definition) is 0. The van der Waals surface area contributed by atoms with Gasteiger partial charge in [-0.05, 0) is 57.6 Å². The van der Waals surface area contributed by atoms with E-state index in [1.54, 1.807) is 6.08 Å². The van der Waals surface area contributed by atoms with Gasteiger partial charge in [0.1, 0.15) is 6.29 Å². The fourth-order valence-corrected chi connectivity index (χ4v) is 4.26. The normalized spacial score (nSPS) is 19.1. The van der Waals surface area contributed by atoms with Crippen LogP contribution in [-0.2, 0) is 15.6 Å². The Bertz CT molecular complexity index is 839. The van der Waals surface area contributed by atoms with Crippen LogP contribution < -0.4 is 0 Å². The summed E-state index contributed by atoms with van der Waals surface area (Å²) in [6, 6.07) is 15.4. The van der Waals surface area contributed by atoms with Crippen LogP contribution >= 0.6 is 0 Å². The standard InChI is InChI=1S/C25H30O/c1-18(21-11-7-6-9-19(21)10-8-16-26)20-12-13-22-23(17-20)25(4,5)15-14-24(22,2)3/h6-13,16-18H,14-15H2,1-5H3. The Labute approximate surface area is 158 Å². The first kappa shape index (κ1) is 18.6. The second kappa shape index (κ2) is 6.87. The van der Waals surface area contributed by atoms with E-state index in [9.17, 15) is 4.79 Å². The Morgan fingerprint density at radius 3 is 2.27 bits per heavy atom. The van der Waals surface area contributed by atoms with Crippen molar-refractivity contribution in [3.05, 3.63) is 76.4 Å². The van der Waals surface area contributed by atoms with Gasteiger partial charge >= 0.3 is 0 Å². The van der Waals surface area contributed by atoms with Crippen LogP contribution in [0.4, 0.5) is 0 Å². The van der Waals surface area contributed by atoms with E-state index >= 15 is 0 Å². The van der Waals surface area contributed by atoms with Crippen molar-refractivity contribution >= 4 is 12.4 Å². The molecule has 26 heavy (non-hydrogen) atoms. The molecule has 0 aromatic heterocycles. The number of allylic oxidation sites excluding steroid dienone is 1. The summed E-state index contributed by atoms with van der Waals surface area (Å²) in [4.78, 5) is 10.7. The Hall–Kier alpha value is -2.15. The van der Waals surface area contributed by atoms with Crippen LogP contribution in [-0.4, -0.2) is 6.29 Å². The highest BCUT2D eigenvalue weighted by atomic mass is 16.1. The maximum Gasteiger partial charge on any atom is 0.142 e. The summed E-state index contributed by atoms with van der Waals surface area (Å²) in [5.74, 6) is 0.286. The molecule has 0 saturated carbocycles. The zero-order chi connectivity index (χ0) is 18.9. The van der Waals surface area contributed by atoms with Crippen molar-refractivity contribution in [2.45, 2.75) is 64.2 Å². The first-order valence-electron chi connectivity index (χ1n) is 9.62. The van der Waals surface area contributed by atoms with Crippen LogP contribution in [0.3, 0.4) is 0 Å². The molecule has 0 bridgehead atoms. The summed E-state index contributed by atoms with van der Waals surface area (Å²) in [6.45, 7) is 11.7. The molecule has 0 fully saturated rings. The molecular weight excluding hydrogens is 316 g/mol. The summed E-state index contributed by atoms with van der Waals surface area (Å²) >= 11 is 0. The Kier molecular flexibility index (Phi) is 4.92. The van der Waals surface area contributed by atoms with Crippen LogP contribution in [0.1, 0.15) is 81.2 Å². The second-order valence-electron chi connectivity index (χ2n) is 8.92. The fourth-order valence-electron chi connectivity index (χ4n) is 4.26. The summed E-state index contributed by atoms with van der Waals surface area (Å²) in [5.41, 5.74) is 7.19. The minimum absolute atomic E-state index is 0.220. The van der Waals surface area contributed by atoms with E-state index in [1.165, 1.54) is 35.1 Å². The van der Waals surface area contributed by atoms with Gasteiger partial charge in [-0.2, -0.15) is 0 Å². The van der Waals surface area contributed by atoms with Gasteiger partial charge in [-0.3, -0.25) is 4.79 Å². The average Bonchev–Trinajstić information content (AvgIpc) is 2.63. The highest BCUT2D eigenvalue weighted by Crippen LogP contribution is 2.46. The molecule has 1 aliphatic rings. The highest BCUT2D eigenvalue weighted by molar-refractivity contribution is 5.74. The lowest BCUT2D eigenvalue weighted by Crippen LogP contribution is -2.34. The van der Waals surface area contributed by atoms with Crippen LogP contribution in [0.2, 0.25) is 0 Å². The van der Waals surface area contributed by atoms with Crippen LogP contribution in [0, 0.1) is 0 Å². The number of hydrogen-bond acceptors (Lipinski definition) is 1. The lowest BCUT2D eigenvalue weighted by atomic mass is 9.62. The lowest BCUT2D eigenvalue weighted by Gasteiger charge is -2.42. The van der Waals surface area contributed by atoms with Crippen molar-refractivity contribution in [2.24, 2.45) is 0 Å². The lowest BCUT2D eigenvalue weighted by molar-refractivity contribution is -0.104. The van der Waals surface area contributed by atoms with Gasteiger partial charge in [0.15, 0.2) is 0 Å². The van der Waals surface area contributed by atoms with E-state index in [2.05, 4.69) is 71.0 Å². The predicted octanol–water partition coefficient (Wildman–Crippen LogP) is 6.40. The van der Waals surface area contributed by atoms with E-state index in [-0.39, 0.29) is 16.7 Å². The molecule has 1 aliphatic carbocycles. The first-order chi connectivity index (χ1) is 12.3. The first-order valence-corrected chi connectivity index (χ1v) is 9.62. The van der Waals surface area contributed by atoms with Crippen molar-refractivity contribution in [1.29, 1.82) is 0 Å². The Morgan fingerprint density at radius 1 is 0.923 bits per heavy atom. The molecule has 3 rings (SSSR count). The second-order valence-corrected chi connectivity index (χ2v) is 8.92. The summed E-state index contributed by atoms with van der Waals surface area (Å²) < 4.78 is 0. The molecule has 2 aromatic rings. The number of carbonyl (C=O) groups is 1. The van der Waals surface area contributed by atoms with Crippen molar-refractivity contribution in [1.82, 2.24) is 0 Å². The van der Waals surface area contributed by atoms with Gasteiger partial charge in [-0.1, -0.05) is 83.2 Å². The summed E-state index contributed by atoms with van der Waals surface area (Å²) in [5, 5.41) is 0. The molecule has 1 nitrogen and oxygen atoms in total. The largest absolute Gasteiger partial charge is 0.299 e. The van der Waals surface area contributed by atoms with Gasteiger partial charge in [0.2, 0.25) is 0 Å². The van der Waals surface area contributed by atoms with E-state index in [1.807, 2.05) is 12.1 Å². The maximum atomic E-state index is 10.7. The highest BCUT2D eigenvalue weighted by Gasteiger charge is 2.37. The maximum absolute atomic E-state index is 10.7. The van der Waals surface area contributed by atoms with Crippen LogP contribution in [0.5, 0.6) is 0 Å². The number of aldehydes is 1. The van der Waals surface area contributed by atoms with Gasteiger partial charge in [-0.25, -0.2) is 0 Å². The van der Waals surface area contributed by atoms with Gasteiger partial charge in [0, 0.05) is 5.92 Å². The van der Waals surface area contributed by atoms with E-state index < -0.39 is 0 Å². The number of benzene rings is 2. The van der Waals surface area contributed by atoms with Crippen molar-refractivity contribution in [2.75, 3.05) is 0 Å². The quantitative estimate of drug-likeness (QED) is 0.462. The summed E-state index contributed by atoms with van der Waals surface area (Å²) in [6.07, 6.45) is 6.78. The third-order valence-corrected chi connectivity index (χ3v) is 6.19. The smallest absolute Gasteiger partial charge is 0.142 e. The number of rotatable bonds is 4. The van der Waals surface area contributed by atoms with Gasteiger partial charge in [-0.15, -0.1) is 0 Å². The van der Waals surface area contributed by atoms with Crippen molar-refractivity contribution in [3.63, 3.8) is 0 Å². The minimum Gasteiger partial charge on any atom is -0.299 e. The molecule has 1 heteroatoms. The molecule has 0 amide bonds. The topological polar surface area (TPSA) is 17.1 Å². The number of carbonyl (C=O) groups excluding carboxylic acids is 1. The van der Waals surface area contributed by atoms with Crippen LogP contribution in [0.25, 0.3) is 6.08 Å². The van der Waals surface area contributed by atoms with Gasteiger partial charge in [0.25, 0.3) is 0 Å². The molecule has 136 valence electrons. The molecule has 0 spiro atoms. The van der Waals surface area contributed by atoms with E-state index in [4.69, 9.17) is 0 Å². The third-order valence-electron chi connectivity index (χ3n) is 6.19. The SMILES string of the molecule is CC(c1ccc2c(c1)C(C)(C)CCC2(C)C)c1ccccc1C=CC=O. The molecule has 1 unspecified atom stereocenters. The van der Waals surface area contributed by atoms with E-state index in [0.29, 0.717) is 0 Å². The monoisotopic (exact) mass is 346 g/mol. The molecule has 0 radical (unpaired) electrons. The Balaban J connectivity index is 2.07. The Morgan fingerprint density at radius 2 is 1.58 bits per heavy atom. The summed E-state index contributed by atoms with van der Waals surface area (Å²) in [7, 11) is 0. The van der Waals surface area contributed by atoms with Crippen molar-refractivity contribution < 1.29 is 4.79 Å². The number of fused-ring (bicyclic) bond motifs is 1. The molecule has 0 heterocycles. The zero-order valence-electron chi connectivity index (χ0n) is 16.7. The van der Waals surface area contributed by atoms with Gasteiger partial charge in [0.05, 0.1) is 0 Å². The van der Waals surface area contributed by atoms with Gasteiger partial charge < -0.3 is 0 Å². The molecular formula is C25H30O. The van der Waals surface area contributed by atoms with Crippen LogP contribution in [0.15, 0.2) is 48.5 Å². The molecule has 0 N–H and O–H groups in total. The van der Waals surface area contributed by atoms with Crippen molar-refractivity contribution in [3.8, 4) is 0 Å². The predicted molar refractivity (Wildman–Crippen MR) is 111 cm³/mol. The molecule has 1 atom stereocenters. The van der Waals surface area contributed by atoms with E-state index in [0.717, 1.165) is 11.8 Å². The minimum atomic E-state index is 0.220.